The van der Waals surface area contributed by atoms with Crippen LogP contribution in [-0.4, -0.2) is 25.4 Å². The molecule has 0 aromatic heterocycles. The third-order valence-electron chi connectivity index (χ3n) is 6.72. The van der Waals surface area contributed by atoms with E-state index < -0.39 is 0 Å². The zero-order valence-corrected chi connectivity index (χ0v) is 17.6. The molecule has 1 saturated carbocycles. The molecule has 2 atom stereocenters. The van der Waals surface area contributed by atoms with E-state index in [0.717, 1.165) is 25.0 Å². The number of unbranched alkanes of at least 4 members (excludes halogenated alkanes) is 3. The standard InChI is InChI=1S/C19H36O2.C6H4/c1-3-5-7-9-18-14-21-19(15-20-18)17-12-10-16(11-13-17)8-6-4-2;1-2-6-4-3-5(1)6/h16-19H,3-15H2,1-2H3;1-4H. The summed E-state index contributed by atoms with van der Waals surface area (Å²) in [5, 5.41) is 2.85. The summed E-state index contributed by atoms with van der Waals surface area (Å²) >= 11 is 0. The van der Waals surface area contributed by atoms with Gasteiger partial charge < -0.3 is 9.47 Å². The number of hydrogen-bond donors (Lipinski definition) is 0. The first-order valence-corrected chi connectivity index (χ1v) is 11.6. The Morgan fingerprint density at radius 1 is 0.741 bits per heavy atom. The molecule has 1 saturated heterocycles. The molecule has 1 heterocycles. The van der Waals surface area contributed by atoms with Crippen molar-refractivity contribution in [2.75, 3.05) is 13.2 Å². The van der Waals surface area contributed by atoms with Crippen LogP contribution in [0.3, 0.4) is 0 Å². The number of hydrogen-bond acceptors (Lipinski definition) is 2. The minimum atomic E-state index is 0.369. The van der Waals surface area contributed by atoms with Gasteiger partial charge in [-0.15, -0.1) is 0 Å². The van der Waals surface area contributed by atoms with Crippen LogP contribution in [0.4, 0.5) is 0 Å². The molecule has 1 aliphatic heterocycles. The van der Waals surface area contributed by atoms with Crippen molar-refractivity contribution in [2.45, 2.75) is 96.7 Å². The number of rotatable bonds is 8. The molecule has 4 aliphatic rings. The summed E-state index contributed by atoms with van der Waals surface area (Å²) in [6.45, 7) is 6.24. The van der Waals surface area contributed by atoms with Crippen molar-refractivity contribution >= 4 is 0 Å². The molecule has 2 heteroatoms. The van der Waals surface area contributed by atoms with Crippen molar-refractivity contribution in [1.82, 2.24) is 0 Å². The van der Waals surface area contributed by atoms with Crippen LogP contribution in [0, 0.1) is 22.3 Å². The van der Waals surface area contributed by atoms with Crippen LogP contribution in [0.25, 0.3) is 0 Å². The molecule has 3 aliphatic carbocycles. The van der Waals surface area contributed by atoms with Gasteiger partial charge in [0.1, 0.15) is 0 Å². The molecule has 2 nitrogen and oxygen atoms in total. The maximum Gasteiger partial charge on any atom is 0.0838 e. The van der Waals surface area contributed by atoms with E-state index in [2.05, 4.69) is 38.1 Å². The van der Waals surface area contributed by atoms with E-state index in [1.165, 1.54) is 81.1 Å². The largest absolute Gasteiger partial charge is 0.373 e. The van der Waals surface area contributed by atoms with Gasteiger partial charge in [0, 0.05) is 0 Å². The van der Waals surface area contributed by atoms with Gasteiger partial charge in [-0.3, -0.25) is 0 Å². The molecule has 0 N–H and O–H groups in total. The Hall–Kier alpha value is -0.860. The van der Waals surface area contributed by atoms with E-state index in [-0.39, 0.29) is 0 Å². The molecule has 2 unspecified atom stereocenters. The SMILES string of the molecule is CCCCCC1COC(C2CCC(CCCC)CC2)CO1.c1cc2ccc1=2. The van der Waals surface area contributed by atoms with Gasteiger partial charge in [-0.25, -0.2) is 0 Å². The second-order valence-corrected chi connectivity index (χ2v) is 8.82. The highest BCUT2D eigenvalue weighted by Crippen LogP contribution is 2.35. The third-order valence-corrected chi connectivity index (χ3v) is 6.72. The first-order chi connectivity index (χ1) is 13.3. The summed E-state index contributed by atoms with van der Waals surface area (Å²) in [5.74, 6) is 1.76. The fraction of sp³-hybridized carbons (Fsp3) is 0.760. The second-order valence-electron chi connectivity index (χ2n) is 8.82. The van der Waals surface area contributed by atoms with Gasteiger partial charge in [-0.1, -0.05) is 89.5 Å². The topological polar surface area (TPSA) is 18.5 Å². The van der Waals surface area contributed by atoms with Crippen LogP contribution in [0.5, 0.6) is 0 Å². The molecule has 0 radical (unpaired) electrons. The van der Waals surface area contributed by atoms with E-state index in [9.17, 15) is 0 Å². The van der Waals surface area contributed by atoms with Crippen molar-refractivity contribution in [1.29, 1.82) is 0 Å². The van der Waals surface area contributed by atoms with Crippen LogP contribution in [0.1, 0.15) is 84.5 Å². The predicted octanol–water partition coefficient (Wildman–Crippen LogP) is 6.63. The first-order valence-electron chi connectivity index (χ1n) is 11.6. The zero-order chi connectivity index (χ0) is 18.9. The molecule has 0 spiro atoms. The van der Waals surface area contributed by atoms with Crippen LogP contribution in [0.15, 0.2) is 24.3 Å². The molecular formula is C25H40O2. The van der Waals surface area contributed by atoms with Gasteiger partial charge in [0.15, 0.2) is 0 Å². The fourth-order valence-electron chi connectivity index (χ4n) is 4.62. The summed E-state index contributed by atoms with van der Waals surface area (Å²) in [5.41, 5.74) is 0. The lowest BCUT2D eigenvalue weighted by Crippen LogP contribution is -2.41. The van der Waals surface area contributed by atoms with Crippen molar-refractivity contribution in [3.8, 4) is 0 Å². The normalized spacial score (nSPS) is 29.0. The van der Waals surface area contributed by atoms with Gasteiger partial charge >= 0.3 is 0 Å². The van der Waals surface area contributed by atoms with Gasteiger partial charge in [-0.2, -0.15) is 0 Å². The molecule has 0 aromatic rings. The van der Waals surface area contributed by atoms with E-state index >= 15 is 0 Å². The maximum atomic E-state index is 6.15. The summed E-state index contributed by atoms with van der Waals surface area (Å²) in [6, 6.07) is 8.48. The van der Waals surface area contributed by atoms with E-state index in [1.54, 1.807) is 0 Å². The molecule has 4 rings (SSSR count). The van der Waals surface area contributed by atoms with Gasteiger partial charge in [0.05, 0.1) is 25.4 Å². The quantitative estimate of drug-likeness (QED) is 0.484. The Balaban J connectivity index is 0.000000290. The van der Waals surface area contributed by atoms with Crippen molar-refractivity contribution in [3.05, 3.63) is 34.7 Å². The molecule has 2 fully saturated rings. The Kier molecular flexibility index (Phi) is 8.67. The first kappa shape index (κ1) is 20.9. The molecule has 0 bridgehead atoms. The van der Waals surface area contributed by atoms with Crippen molar-refractivity contribution in [3.63, 3.8) is 0 Å². The highest BCUT2D eigenvalue weighted by molar-refractivity contribution is 5.22. The highest BCUT2D eigenvalue weighted by Gasteiger charge is 2.31. The van der Waals surface area contributed by atoms with Crippen LogP contribution >= 0.6 is 0 Å². The molecular weight excluding hydrogens is 332 g/mol. The molecule has 152 valence electrons. The van der Waals surface area contributed by atoms with E-state index in [1.807, 2.05) is 0 Å². The summed E-state index contributed by atoms with van der Waals surface area (Å²) in [7, 11) is 0. The lowest BCUT2D eigenvalue weighted by atomic mass is 9.77. The van der Waals surface area contributed by atoms with E-state index in [4.69, 9.17) is 9.47 Å². The smallest absolute Gasteiger partial charge is 0.0838 e. The lowest BCUT2D eigenvalue weighted by molar-refractivity contribution is -0.157. The summed E-state index contributed by atoms with van der Waals surface area (Å²) < 4.78 is 12.2. The Bertz CT molecular complexity index is 559. The highest BCUT2D eigenvalue weighted by atomic mass is 16.6. The minimum Gasteiger partial charge on any atom is -0.373 e. The number of benzene rings is 1. The van der Waals surface area contributed by atoms with Gasteiger partial charge in [-0.05, 0) is 41.5 Å². The van der Waals surface area contributed by atoms with Crippen molar-refractivity contribution < 1.29 is 9.47 Å². The lowest BCUT2D eigenvalue weighted by Gasteiger charge is -2.38. The molecule has 0 aromatic carbocycles. The average molecular weight is 373 g/mol. The summed E-state index contributed by atoms with van der Waals surface area (Å²) in [4.78, 5) is 0. The third kappa shape index (κ3) is 6.32. The predicted molar refractivity (Wildman–Crippen MR) is 113 cm³/mol. The zero-order valence-electron chi connectivity index (χ0n) is 17.6. The van der Waals surface area contributed by atoms with Crippen molar-refractivity contribution in [2.24, 2.45) is 11.8 Å². The van der Waals surface area contributed by atoms with Crippen LogP contribution < -0.4 is 0 Å². The monoisotopic (exact) mass is 372 g/mol. The second kappa shape index (κ2) is 11.2. The Labute approximate surface area is 166 Å². The Morgan fingerprint density at radius 2 is 1.41 bits per heavy atom. The molecule has 27 heavy (non-hydrogen) atoms. The van der Waals surface area contributed by atoms with Gasteiger partial charge in [0.2, 0.25) is 0 Å². The Morgan fingerprint density at radius 3 is 1.89 bits per heavy atom. The van der Waals surface area contributed by atoms with Crippen LogP contribution in [-0.2, 0) is 9.47 Å². The summed E-state index contributed by atoms with van der Waals surface area (Å²) in [6.07, 6.45) is 15.6. The minimum absolute atomic E-state index is 0.369. The van der Waals surface area contributed by atoms with Crippen LogP contribution in [0.2, 0.25) is 0 Å². The molecule has 0 amide bonds. The fourth-order valence-corrected chi connectivity index (χ4v) is 4.62. The average Bonchev–Trinajstić information content (AvgIpc) is 2.71. The maximum absolute atomic E-state index is 6.15. The van der Waals surface area contributed by atoms with E-state index in [0.29, 0.717) is 12.2 Å². The number of ether oxygens (including phenoxy) is 2. The van der Waals surface area contributed by atoms with Gasteiger partial charge in [0.25, 0.3) is 0 Å².